The maximum Gasteiger partial charge on any atom is 0.243 e. The van der Waals surface area contributed by atoms with Crippen LogP contribution in [0.2, 0.25) is 0 Å². The Labute approximate surface area is 175 Å². The van der Waals surface area contributed by atoms with Crippen molar-refractivity contribution in [3.63, 3.8) is 0 Å². The van der Waals surface area contributed by atoms with Crippen molar-refractivity contribution >= 4 is 26.7 Å². The van der Waals surface area contributed by atoms with Crippen molar-refractivity contribution in [2.24, 2.45) is 5.92 Å². The number of rotatable bonds is 5. The van der Waals surface area contributed by atoms with Crippen LogP contribution in [0.1, 0.15) is 18.4 Å². The lowest BCUT2D eigenvalue weighted by Crippen LogP contribution is -2.42. The minimum atomic E-state index is -3.67. The van der Waals surface area contributed by atoms with E-state index in [1.165, 1.54) is 16.4 Å². The van der Waals surface area contributed by atoms with Crippen molar-refractivity contribution in [1.29, 1.82) is 0 Å². The summed E-state index contributed by atoms with van der Waals surface area (Å²) in [5.41, 5.74) is 1.05. The molecule has 0 atom stereocenters. The van der Waals surface area contributed by atoms with Crippen LogP contribution in [0.4, 0.5) is 4.39 Å². The minimum absolute atomic E-state index is 0.0539. The van der Waals surface area contributed by atoms with E-state index in [1.54, 1.807) is 0 Å². The fourth-order valence-electron chi connectivity index (χ4n) is 3.89. The third-order valence-electron chi connectivity index (χ3n) is 5.61. The molecule has 1 fully saturated rings. The third-order valence-corrected chi connectivity index (χ3v) is 7.52. The van der Waals surface area contributed by atoms with Gasteiger partial charge in [-0.15, -0.1) is 0 Å². The van der Waals surface area contributed by atoms with E-state index in [0.29, 0.717) is 19.4 Å². The molecule has 5 nitrogen and oxygen atoms in total. The highest BCUT2D eigenvalue weighted by molar-refractivity contribution is 7.89. The largest absolute Gasteiger partial charge is 0.352 e. The molecule has 1 amide bonds. The van der Waals surface area contributed by atoms with Crippen molar-refractivity contribution in [2.45, 2.75) is 24.3 Å². The number of nitrogens with zero attached hydrogens (tertiary/aromatic N) is 1. The van der Waals surface area contributed by atoms with E-state index >= 15 is 0 Å². The summed E-state index contributed by atoms with van der Waals surface area (Å²) in [6.07, 6.45) is 0.920. The van der Waals surface area contributed by atoms with Crippen LogP contribution in [0.15, 0.2) is 71.6 Å². The minimum Gasteiger partial charge on any atom is -0.352 e. The van der Waals surface area contributed by atoms with Crippen LogP contribution in [-0.4, -0.2) is 31.7 Å². The normalized spacial score (nSPS) is 15.9. The SMILES string of the molecule is O=C(NCc1cccc2ccccc12)C1CCN(S(=O)(=O)c2ccc(F)cc2)CC1. The maximum atomic E-state index is 13.1. The van der Waals surface area contributed by atoms with E-state index in [-0.39, 0.29) is 29.8 Å². The number of carbonyl (C=O) groups is 1. The average molecular weight is 427 g/mol. The zero-order chi connectivity index (χ0) is 21.1. The highest BCUT2D eigenvalue weighted by atomic mass is 32.2. The molecule has 1 aliphatic heterocycles. The van der Waals surface area contributed by atoms with Crippen LogP contribution in [0, 0.1) is 11.7 Å². The number of halogens is 1. The first-order valence-corrected chi connectivity index (χ1v) is 11.4. The van der Waals surface area contributed by atoms with Gasteiger partial charge in [0.15, 0.2) is 0 Å². The topological polar surface area (TPSA) is 66.5 Å². The molecule has 1 heterocycles. The van der Waals surface area contributed by atoms with Crippen LogP contribution in [0.25, 0.3) is 10.8 Å². The zero-order valence-corrected chi connectivity index (χ0v) is 17.2. The Hall–Kier alpha value is -2.77. The van der Waals surface area contributed by atoms with Crippen molar-refractivity contribution < 1.29 is 17.6 Å². The predicted octanol–water partition coefficient (Wildman–Crippen LogP) is 3.70. The molecule has 0 spiro atoms. The fraction of sp³-hybridized carbons (Fsp3) is 0.261. The van der Waals surface area contributed by atoms with E-state index in [2.05, 4.69) is 5.32 Å². The Morgan fingerprint density at radius 1 is 0.967 bits per heavy atom. The number of sulfonamides is 1. The second-order valence-electron chi connectivity index (χ2n) is 7.49. The number of carbonyl (C=O) groups excluding carboxylic acids is 1. The van der Waals surface area contributed by atoms with E-state index in [0.717, 1.165) is 28.5 Å². The average Bonchev–Trinajstić information content (AvgIpc) is 2.78. The van der Waals surface area contributed by atoms with E-state index in [4.69, 9.17) is 0 Å². The molecule has 1 saturated heterocycles. The maximum absolute atomic E-state index is 13.1. The molecule has 4 rings (SSSR count). The van der Waals surface area contributed by atoms with Crippen LogP contribution in [0.3, 0.4) is 0 Å². The second-order valence-corrected chi connectivity index (χ2v) is 9.43. The van der Waals surface area contributed by atoms with Gasteiger partial charge in [-0.05, 0) is 53.4 Å². The van der Waals surface area contributed by atoms with Gasteiger partial charge in [0, 0.05) is 25.6 Å². The van der Waals surface area contributed by atoms with Gasteiger partial charge in [0.25, 0.3) is 0 Å². The molecular formula is C23H23FN2O3S. The van der Waals surface area contributed by atoms with Crippen LogP contribution in [0.5, 0.6) is 0 Å². The Morgan fingerprint density at radius 3 is 2.37 bits per heavy atom. The summed E-state index contributed by atoms with van der Waals surface area (Å²) < 4.78 is 39.9. The van der Waals surface area contributed by atoms with Gasteiger partial charge in [-0.25, -0.2) is 12.8 Å². The summed E-state index contributed by atoms with van der Waals surface area (Å²) in [5.74, 6) is -0.753. The van der Waals surface area contributed by atoms with Crippen molar-refractivity contribution in [3.8, 4) is 0 Å². The molecule has 0 saturated carbocycles. The zero-order valence-electron chi connectivity index (χ0n) is 16.4. The van der Waals surface area contributed by atoms with Crippen molar-refractivity contribution in [1.82, 2.24) is 9.62 Å². The molecule has 7 heteroatoms. The number of hydrogen-bond donors (Lipinski definition) is 1. The highest BCUT2D eigenvalue weighted by Gasteiger charge is 2.32. The van der Waals surface area contributed by atoms with Crippen molar-refractivity contribution in [2.75, 3.05) is 13.1 Å². The molecular weight excluding hydrogens is 403 g/mol. The third kappa shape index (κ3) is 4.22. The number of nitrogens with one attached hydrogen (secondary N) is 1. The molecule has 0 radical (unpaired) electrons. The number of benzene rings is 3. The van der Waals surface area contributed by atoms with Crippen LogP contribution >= 0.6 is 0 Å². The van der Waals surface area contributed by atoms with Gasteiger partial charge in [0.05, 0.1) is 4.90 Å². The Bertz CT molecular complexity index is 1150. The molecule has 156 valence electrons. The van der Waals surface area contributed by atoms with E-state index in [1.807, 2.05) is 42.5 Å². The monoisotopic (exact) mass is 426 g/mol. The molecule has 3 aromatic carbocycles. The standard InChI is InChI=1S/C23H23FN2O3S/c24-20-8-10-21(11-9-20)30(28,29)26-14-12-18(13-15-26)23(27)25-16-19-6-3-5-17-4-1-2-7-22(17)19/h1-11,18H,12-16H2,(H,25,27). The van der Waals surface area contributed by atoms with Crippen LogP contribution in [-0.2, 0) is 21.4 Å². The van der Waals surface area contributed by atoms with E-state index in [9.17, 15) is 17.6 Å². The summed E-state index contributed by atoms with van der Waals surface area (Å²) in [4.78, 5) is 12.7. The number of piperidine rings is 1. The lowest BCUT2D eigenvalue weighted by Gasteiger charge is -2.30. The Balaban J connectivity index is 1.36. The molecule has 3 aromatic rings. The lowest BCUT2D eigenvalue weighted by molar-refractivity contribution is -0.126. The number of fused-ring (bicyclic) bond motifs is 1. The quantitative estimate of drug-likeness (QED) is 0.677. The van der Waals surface area contributed by atoms with Gasteiger partial charge in [0.1, 0.15) is 5.82 Å². The van der Waals surface area contributed by atoms with Crippen LogP contribution < -0.4 is 5.32 Å². The van der Waals surface area contributed by atoms with Gasteiger partial charge < -0.3 is 5.32 Å². The smallest absolute Gasteiger partial charge is 0.243 e. The predicted molar refractivity (Wildman–Crippen MR) is 114 cm³/mol. The summed E-state index contributed by atoms with van der Waals surface area (Å²) >= 11 is 0. The molecule has 1 N–H and O–H groups in total. The summed E-state index contributed by atoms with van der Waals surface area (Å²) in [7, 11) is -3.67. The van der Waals surface area contributed by atoms with E-state index < -0.39 is 15.8 Å². The molecule has 0 aliphatic carbocycles. The van der Waals surface area contributed by atoms with Gasteiger partial charge in [-0.2, -0.15) is 4.31 Å². The first kappa shape index (κ1) is 20.5. The number of amides is 1. The van der Waals surface area contributed by atoms with Gasteiger partial charge >= 0.3 is 0 Å². The van der Waals surface area contributed by atoms with Gasteiger partial charge in [-0.1, -0.05) is 42.5 Å². The first-order chi connectivity index (χ1) is 14.4. The molecule has 30 heavy (non-hydrogen) atoms. The van der Waals surface area contributed by atoms with Gasteiger partial charge in [-0.3, -0.25) is 4.79 Å². The van der Waals surface area contributed by atoms with Crippen molar-refractivity contribution in [3.05, 3.63) is 78.1 Å². The number of hydrogen-bond acceptors (Lipinski definition) is 3. The summed E-state index contributed by atoms with van der Waals surface area (Å²) in [5, 5.41) is 5.24. The molecule has 0 aromatic heterocycles. The summed E-state index contributed by atoms with van der Waals surface area (Å²) in [6, 6.07) is 18.9. The Kier molecular flexibility index (Phi) is 5.83. The molecule has 0 bridgehead atoms. The fourth-order valence-corrected chi connectivity index (χ4v) is 5.36. The highest BCUT2D eigenvalue weighted by Crippen LogP contribution is 2.24. The summed E-state index contributed by atoms with van der Waals surface area (Å²) in [6.45, 7) is 0.979. The first-order valence-electron chi connectivity index (χ1n) is 9.95. The van der Waals surface area contributed by atoms with Gasteiger partial charge in [0.2, 0.25) is 15.9 Å². The lowest BCUT2D eigenvalue weighted by atomic mass is 9.97. The molecule has 0 unspecified atom stereocenters. The second kappa shape index (κ2) is 8.53. The molecule has 1 aliphatic rings. The Morgan fingerprint density at radius 2 is 1.63 bits per heavy atom.